The van der Waals surface area contributed by atoms with Gasteiger partial charge in [-0.3, -0.25) is 0 Å². The van der Waals surface area contributed by atoms with E-state index in [-0.39, 0.29) is 0 Å². The molecule has 2 atom stereocenters. The molecule has 17 heavy (non-hydrogen) atoms. The zero-order valence-corrected chi connectivity index (χ0v) is 10.3. The zero-order valence-electron chi connectivity index (χ0n) is 10.3. The molecule has 0 heterocycles. The molecule has 0 spiro atoms. The molecule has 0 fully saturated rings. The van der Waals surface area contributed by atoms with Crippen molar-refractivity contribution in [1.82, 2.24) is 5.32 Å². The predicted molar refractivity (Wildman–Crippen MR) is 69.5 cm³/mol. The molecular formula is C12H21N3O2. The van der Waals surface area contributed by atoms with Gasteiger partial charge in [-0.15, -0.1) is 0 Å². The van der Waals surface area contributed by atoms with Crippen molar-refractivity contribution >= 4 is 11.4 Å². The van der Waals surface area contributed by atoms with Crippen LogP contribution < -0.4 is 16.8 Å². The number of anilines is 2. The van der Waals surface area contributed by atoms with Crippen molar-refractivity contribution in [3.8, 4) is 0 Å². The van der Waals surface area contributed by atoms with Crippen molar-refractivity contribution in [2.24, 2.45) is 0 Å². The summed E-state index contributed by atoms with van der Waals surface area (Å²) in [6, 6.07) is 3.33. The Morgan fingerprint density at radius 1 is 1.24 bits per heavy atom. The SMILES string of the molecule is CNCCC(O)C(O)c1cc(N)c(N)cc1C. The largest absolute Gasteiger partial charge is 0.397 e. The zero-order chi connectivity index (χ0) is 13.0. The molecule has 5 heteroatoms. The second-order valence-corrected chi connectivity index (χ2v) is 4.24. The van der Waals surface area contributed by atoms with Crippen molar-refractivity contribution in [2.75, 3.05) is 25.1 Å². The summed E-state index contributed by atoms with van der Waals surface area (Å²) in [7, 11) is 1.80. The first kappa shape index (κ1) is 13.8. The Hall–Kier alpha value is -1.30. The van der Waals surface area contributed by atoms with Gasteiger partial charge in [0.1, 0.15) is 6.10 Å². The number of aliphatic hydroxyl groups is 2. The molecule has 0 bridgehead atoms. The highest BCUT2D eigenvalue weighted by Crippen LogP contribution is 2.27. The smallest absolute Gasteiger partial charge is 0.105 e. The average Bonchev–Trinajstić information content (AvgIpc) is 2.29. The van der Waals surface area contributed by atoms with Crippen molar-refractivity contribution in [1.29, 1.82) is 0 Å². The van der Waals surface area contributed by atoms with Crippen LogP contribution in [0.3, 0.4) is 0 Å². The molecule has 0 saturated heterocycles. The van der Waals surface area contributed by atoms with Gasteiger partial charge >= 0.3 is 0 Å². The molecule has 0 radical (unpaired) electrons. The second-order valence-electron chi connectivity index (χ2n) is 4.24. The lowest BCUT2D eigenvalue weighted by molar-refractivity contribution is 0.0137. The lowest BCUT2D eigenvalue weighted by Gasteiger charge is -2.20. The molecule has 1 rings (SSSR count). The van der Waals surface area contributed by atoms with E-state index in [1.165, 1.54) is 0 Å². The Kier molecular flexibility index (Phi) is 4.74. The summed E-state index contributed by atoms with van der Waals surface area (Å²) in [4.78, 5) is 0. The summed E-state index contributed by atoms with van der Waals surface area (Å²) in [6.07, 6.45) is -1.28. The van der Waals surface area contributed by atoms with Gasteiger partial charge in [0, 0.05) is 0 Å². The Labute approximate surface area is 101 Å². The second kappa shape index (κ2) is 5.86. The van der Waals surface area contributed by atoms with Crippen LogP contribution in [0.25, 0.3) is 0 Å². The number of hydrogen-bond donors (Lipinski definition) is 5. The molecule has 0 amide bonds. The summed E-state index contributed by atoms with van der Waals surface area (Å²) in [5, 5.41) is 22.8. The molecule has 0 aliphatic rings. The first-order valence-corrected chi connectivity index (χ1v) is 5.63. The van der Waals surface area contributed by atoms with Crippen LogP contribution in [-0.4, -0.2) is 29.9 Å². The van der Waals surface area contributed by atoms with E-state index in [1.54, 1.807) is 19.2 Å². The molecular weight excluding hydrogens is 218 g/mol. The number of aliphatic hydroxyl groups excluding tert-OH is 2. The minimum absolute atomic E-state index is 0.422. The Balaban J connectivity index is 2.88. The van der Waals surface area contributed by atoms with E-state index >= 15 is 0 Å². The summed E-state index contributed by atoms with van der Waals surface area (Å²) >= 11 is 0. The van der Waals surface area contributed by atoms with Crippen LogP contribution in [0.2, 0.25) is 0 Å². The number of nitrogens with two attached hydrogens (primary N) is 2. The molecule has 0 aromatic heterocycles. The van der Waals surface area contributed by atoms with E-state index in [0.717, 1.165) is 5.56 Å². The van der Waals surface area contributed by atoms with Crippen LogP contribution in [0.4, 0.5) is 11.4 Å². The minimum Gasteiger partial charge on any atom is -0.397 e. The highest BCUT2D eigenvalue weighted by atomic mass is 16.3. The molecule has 0 saturated carbocycles. The predicted octanol–water partition coefficient (Wildman–Crippen LogP) is 0.163. The van der Waals surface area contributed by atoms with Gasteiger partial charge in [0.05, 0.1) is 17.5 Å². The van der Waals surface area contributed by atoms with Gasteiger partial charge < -0.3 is 27.0 Å². The van der Waals surface area contributed by atoms with Crippen molar-refractivity contribution in [3.05, 3.63) is 23.3 Å². The van der Waals surface area contributed by atoms with Crippen LogP contribution in [0.15, 0.2) is 12.1 Å². The number of aryl methyl sites for hydroxylation is 1. The van der Waals surface area contributed by atoms with Gasteiger partial charge in [-0.05, 0) is 50.2 Å². The number of hydrogen-bond acceptors (Lipinski definition) is 5. The van der Waals surface area contributed by atoms with Gasteiger partial charge in [0.15, 0.2) is 0 Å². The molecule has 1 aromatic carbocycles. The third-order valence-electron chi connectivity index (χ3n) is 2.84. The monoisotopic (exact) mass is 239 g/mol. The molecule has 7 N–H and O–H groups in total. The summed E-state index contributed by atoms with van der Waals surface area (Å²) in [5.41, 5.74) is 13.7. The molecule has 5 nitrogen and oxygen atoms in total. The highest BCUT2D eigenvalue weighted by Gasteiger charge is 2.20. The summed E-state index contributed by atoms with van der Waals surface area (Å²) in [6.45, 7) is 2.47. The standard InChI is InChI=1S/C12H21N3O2/c1-7-5-9(13)10(14)6-8(7)12(17)11(16)3-4-15-2/h5-6,11-12,15-17H,3-4,13-14H2,1-2H3. The van der Waals surface area contributed by atoms with E-state index in [0.29, 0.717) is 29.9 Å². The molecule has 2 unspecified atom stereocenters. The maximum absolute atomic E-state index is 10.0. The molecule has 0 aliphatic heterocycles. The van der Waals surface area contributed by atoms with Crippen molar-refractivity contribution in [3.63, 3.8) is 0 Å². The maximum Gasteiger partial charge on any atom is 0.105 e. The van der Waals surface area contributed by atoms with Gasteiger partial charge in [0.2, 0.25) is 0 Å². The van der Waals surface area contributed by atoms with E-state index in [9.17, 15) is 10.2 Å². The van der Waals surface area contributed by atoms with E-state index in [4.69, 9.17) is 11.5 Å². The van der Waals surface area contributed by atoms with Crippen LogP contribution >= 0.6 is 0 Å². The molecule has 96 valence electrons. The molecule has 1 aromatic rings. The fraction of sp³-hybridized carbons (Fsp3) is 0.500. The van der Waals surface area contributed by atoms with Gasteiger partial charge in [0.25, 0.3) is 0 Å². The molecule has 0 aliphatic carbocycles. The van der Waals surface area contributed by atoms with E-state index in [1.807, 2.05) is 6.92 Å². The first-order chi connectivity index (χ1) is 7.97. The Bertz CT molecular complexity index is 382. The Morgan fingerprint density at radius 3 is 2.41 bits per heavy atom. The summed E-state index contributed by atoms with van der Waals surface area (Å²) < 4.78 is 0. The van der Waals surface area contributed by atoms with Crippen LogP contribution in [0, 0.1) is 6.92 Å². The van der Waals surface area contributed by atoms with Gasteiger partial charge in [-0.25, -0.2) is 0 Å². The maximum atomic E-state index is 10.0. The first-order valence-electron chi connectivity index (χ1n) is 5.63. The normalized spacial score (nSPS) is 14.6. The third kappa shape index (κ3) is 3.33. The van der Waals surface area contributed by atoms with Crippen molar-refractivity contribution < 1.29 is 10.2 Å². The van der Waals surface area contributed by atoms with Crippen LogP contribution in [0.1, 0.15) is 23.7 Å². The lowest BCUT2D eigenvalue weighted by atomic mass is 9.96. The number of nitrogens with one attached hydrogen (secondary N) is 1. The summed E-state index contributed by atoms with van der Waals surface area (Å²) in [5.74, 6) is 0. The quantitative estimate of drug-likeness (QED) is 0.471. The van der Waals surface area contributed by atoms with Crippen LogP contribution in [0.5, 0.6) is 0 Å². The van der Waals surface area contributed by atoms with Crippen molar-refractivity contribution in [2.45, 2.75) is 25.6 Å². The number of rotatable bonds is 5. The van der Waals surface area contributed by atoms with E-state index in [2.05, 4.69) is 5.32 Å². The van der Waals surface area contributed by atoms with Gasteiger partial charge in [-0.1, -0.05) is 0 Å². The minimum atomic E-state index is -0.939. The van der Waals surface area contributed by atoms with Crippen LogP contribution in [-0.2, 0) is 0 Å². The highest BCUT2D eigenvalue weighted by molar-refractivity contribution is 5.66. The van der Waals surface area contributed by atoms with Gasteiger partial charge in [-0.2, -0.15) is 0 Å². The topological polar surface area (TPSA) is 105 Å². The average molecular weight is 239 g/mol. The number of nitrogen functional groups attached to an aromatic ring is 2. The fourth-order valence-electron chi connectivity index (χ4n) is 1.74. The number of benzene rings is 1. The fourth-order valence-corrected chi connectivity index (χ4v) is 1.74. The Morgan fingerprint density at radius 2 is 1.82 bits per heavy atom. The lowest BCUT2D eigenvalue weighted by Crippen LogP contribution is -2.24. The van der Waals surface area contributed by atoms with E-state index < -0.39 is 12.2 Å². The third-order valence-corrected chi connectivity index (χ3v) is 2.84.